The third-order valence-corrected chi connectivity index (χ3v) is 4.86. The predicted molar refractivity (Wildman–Crippen MR) is 101 cm³/mol. The van der Waals surface area contributed by atoms with Gasteiger partial charge in [-0.15, -0.1) is 0 Å². The van der Waals surface area contributed by atoms with Crippen molar-refractivity contribution >= 4 is 17.6 Å². The molecular formula is C19H32FN3O3. The Labute approximate surface area is 155 Å². The van der Waals surface area contributed by atoms with Gasteiger partial charge in [-0.3, -0.25) is 9.79 Å². The van der Waals surface area contributed by atoms with Crippen molar-refractivity contribution in [2.24, 2.45) is 16.6 Å². The van der Waals surface area contributed by atoms with Crippen molar-refractivity contribution in [2.75, 3.05) is 19.6 Å². The van der Waals surface area contributed by atoms with Gasteiger partial charge in [0, 0.05) is 30.8 Å². The van der Waals surface area contributed by atoms with Crippen molar-refractivity contribution < 1.29 is 19.1 Å². The molecule has 0 aliphatic heterocycles. The molecular weight excluding hydrogens is 337 g/mol. The van der Waals surface area contributed by atoms with Gasteiger partial charge in [-0.05, 0) is 31.6 Å². The monoisotopic (exact) mass is 369 g/mol. The first-order chi connectivity index (χ1) is 12.3. The SMILES string of the molecule is CCCN(CCC(C)CC)C(=O)CN=C1CCC(F)C/C1=C(/N)C(=O)O. The average molecular weight is 369 g/mol. The first-order valence-corrected chi connectivity index (χ1v) is 9.47. The Balaban J connectivity index is 2.84. The summed E-state index contributed by atoms with van der Waals surface area (Å²) in [6, 6.07) is 0. The highest BCUT2D eigenvalue weighted by Gasteiger charge is 2.26. The van der Waals surface area contributed by atoms with Crippen molar-refractivity contribution in [3.8, 4) is 0 Å². The van der Waals surface area contributed by atoms with Crippen molar-refractivity contribution in [3.63, 3.8) is 0 Å². The lowest BCUT2D eigenvalue weighted by Crippen LogP contribution is -2.35. The lowest BCUT2D eigenvalue weighted by atomic mass is 9.90. The number of carboxylic acids is 1. The fourth-order valence-corrected chi connectivity index (χ4v) is 2.93. The van der Waals surface area contributed by atoms with Crippen LogP contribution in [-0.2, 0) is 9.59 Å². The van der Waals surface area contributed by atoms with E-state index >= 15 is 0 Å². The number of aliphatic carboxylic acids is 1. The van der Waals surface area contributed by atoms with Crippen LogP contribution in [0.25, 0.3) is 0 Å². The van der Waals surface area contributed by atoms with E-state index in [4.69, 9.17) is 10.8 Å². The number of carbonyl (C=O) groups excluding carboxylic acids is 1. The number of aliphatic imine (C=N–C) groups is 1. The van der Waals surface area contributed by atoms with Gasteiger partial charge in [0.25, 0.3) is 0 Å². The second kappa shape index (κ2) is 10.9. The Morgan fingerprint density at radius 1 is 1.38 bits per heavy atom. The van der Waals surface area contributed by atoms with Crippen LogP contribution in [0.1, 0.15) is 59.3 Å². The number of alkyl halides is 1. The van der Waals surface area contributed by atoms with Crippen LogP contribution in [0.4, 0.5) is 4.39 Å². The molecule has 0 aromatic carbocycles. The maximum atomic E-state index is 13.7. The van der Waals surface area contributed by atoms with Crippen LogP contribution in [0.3, 0.4) is 0 Å². The van der Waals surface area contributed by atoms with E-state index in [2.05, 4.69) is 18.8 Å². The Hall–Kier alpha value is -1.92. The van der Waals surface area contributed by atoms with Crippen molar-refractivity contribution in [3.05, 3.63) is 11.3 Å². The number of nitrogens with two attached hydrogens (primary N) is 1. The molecule has 0 heterocycles. The van der Waals surface area contributed by atoms with Crippen LogP contribution in [0, 0.1) is 5.92 Å². The molecule has 1 amide bonds. The molecule has 0 aromatic heterocycles. The van der Waals surface area contributed by atoms with Gasteiger partial charge in [-0.25, -0.2) is 9.18 Å². The minimum atomic E-state index is -1.28. The molecule has 1 aliphatic rings. The summed E-state index contributed by atoms with van der Waals surface area (Å²) >= 11 is 0. The highest BCUT2D eigenvalue weighted by Crippen LogP contribution is 2.25. The van der Waals surface area contributed by atoms with Crippen LogP contribution in [0.5, 0.6) is 0 Å². The Morgan fingerprint density at radius 3 is 2.65 bits per heavy atom. The standard InChI is InChI=1S/C19H32FN3O3/c1-4-9-23(10-8-13(3)5-2)17(24)12-22-16-7-6-14(20)11-15(16)18(21)19(25)26/h13-14H,4-12,21H2,1-3H3,(H,25,26)/b18-15-,22-16?. The number of allylic oxidation sites excluding steroid dienone is 1. The highest BCUT2D eigenvalue weighted by atomic mass is 19.1. The minimum Gasteiger partial charge on any atom is -0.477 e. The molecule has 0 aromatic rings. The molecule has 0 spiro atoms. The zero-order chi connectivity index (χ0) is 19.7. The molecule has 0 bridgehead atoms. The summed E-state index contributed by atoms with van der Waals surface area (Å²) < 4.78 is 13.7. The average Bonchev–Trinajstić information content (AvgIpc) is 2.62. The van der Waals surface area contributed by atoms with Crippen LogP contribution in [0.2, 0.25) is 0 Å². The van der Waals surface area contributed by atoms with Gasteiger partial charge < -0.3 is 15.7 Å². The second-order valence-corrected chi connectivity index (χ2v) is 6.98. The number of hydrogen-bond acceptors (Lipinski definition) is 4. The summed E-state index contributed by atoms with van der Waals surface area (Å²) in [6.07, 6.45) is 2.28. The second-order valence-electron chi connectivity index (χ2n) is 6.98. The summed E-state index contributed by atoms with van der Waals surface area (Å²) in [6.45, 7) is 7.63. The summed E-state index contributed by atoms with van der Waals surface area (Å²) in [5.41, 5.74) is 5.89. The number of halogens is 1. The van der Waals surface area contributed by atoms with E-state index in [1.165, 1.54) is 0 Å². The highest BCUT2D eigenvalue weighted by molar-refractivity contribution is 6.07. The smallest absolute Gasteiger partial charge is 0.352 e. The topological polar surface area (TPSA) is 96.0 Å². The van der Waals surface area contributed by atoms with Crippen LogP contribution in [-0.4, -0.2) is 53.4 Å². The van der Waals surface area contributed by atoms with Crippen molar-refractivity contribution in [2.45, 2.75) is 65.5 Å². The summed E-state index contributed by atoms with van der Waals surface area (Å²) in [5.74, 6) is -0.814. The minimum absolute atomic E-state index is 0.0524. The molecule has 148 valence electrons. The van der Waals surface area contributed by atoms with Crippen LogP contribution in [0.15, 0.2) is 16.3 Å². The molecule has 1 saturated carbocycles. The van der Waals surface area contributed by atoms with Gasteiger partial charge in [0.15, 0.2) is 0 Å². The third-order valence-electron chi connectivity index (χ3n) is 4.86. The molecule has 2 atom stereocenters. The van der Waals surface area contributed by atoms with E-state index in [0.717, 1.165) is 19.3 Å². The quantitative estimate of drug-likeness (QED) is 0.611. The summed E-state index contributed by atoms with van der Waals surface area (Å²) in [4.78, 5) is 29.8. The number of carbonyl (C=O) groups is 2. The number of hydrogen-bond donors (Lipinski definition) is 2. The summed E-state index contributed by atoms with van der Waals surface area (Å²) in [7, 11) is 0. The lowest BCUT2D eigenvalue weighted by Gasteiger charge is -2.24. The first kappa shape index (κ1) is 22.1. The Bertz CT molecular complexity index is 560. The molecule has 1 rings (SSSR count). The van der Waals surface area contributed by atoms with Gasteiger partial charge in [-0.1, -0.05) is 27.2 Å². The third kappa shape index (κ3) is 6.77. The van der Waals surface area contributed by atoms with Crippen molar-refractivity contribution in [1.82, 2.24) is 4.90 Å². The molecule has 7 heteroatoms. The van der Waals surface area contributed by atoms with E-state index in [9.17, 15) is 14.0 Å². The maximum absolute atomic E-state index is 13.7. The maximum Gasteiger partial charge on any atom is 0.352 e. The molecule has 3 N–H and O–H groups in total. The fourth-order valence-electron chi connectivity index (χ4n) is 2.93. The van der Waals surface area contributed by atoms with E-state index < -0.39 is 12.1 Å². The first-order valence-electron chi connectivity index (χ1n) is 9.47. The van der Waals surface area contributed by atoms with Gasteiger partial charge in [0.1, 0.15) is 18.4 Å². The lowest BCUT2D eigenvalue weighted by molar-refractivity contribution is -0.133. The number of carboxylic acid groups (broad SMARTS) is 1. The molecule has 0 radical (unpaired) electrons. The molecule has 1 fully saturated rings. The van der Waals surface area contributed by atoms with E-state index in [0.29, 0.717) is 31.1 Å². The molecule has 0 saturated heterocycles. The molecule has 1 aliphatic carbocycles. The van der Waals surface area contributed by atoms with Crippen LogP contribution >= 0.6 is 0 Å². The van der Waals surface area contributed by atoms with E-state index in [1.54, 1.807) is 4.90 Å². The number of nitrogens with zero attached hydrogens (tertiary/aromatic N) is 2. The zero-order valence-corrected chi connectivity index (χ0v) is 16.1. The van der Waals surface area contributed by atoms with Gasteiger partial charge in [-0.2, -0.15) is 0 Å². The van der Waals surface area contributed by atoms with Gasteiger partial charge >= 0.3 is 5.97 Å². The molecule has 2 unspecified atom stereocenters. The van der Waals surface area contributed by atoms with Crippen molar-refractivity contribution in [1.29, 1.82) is 0 Å². The largest absolute Gasteiger partial charge is 0.477 e. The number of amides is 1. The Kier molecular flexibility index (Phi) is 9.30. The molecule has 26 heavy (non-hydrogen) atoms. The van der Waals surface area contributed by atoms with Crippen LogP contribution < -0.4 is 5.73 Å². The Morgan fingerprint density at radius 2 is 2.08 bits per heavy atom. The normalized spacial score (nSPS) is 22.2. The van der Waals surface area contributed by atoms with Gasteiger partial charge in [0.2, 0.25) is 5.91 Å². The summed E-state index contributed by atoms with van der Waals surface area (Å²) in [5, 5.41) is 9.08. The van der Waals surface area contributed by atoms with Gasteiger partial charge in [0.05, 0.1) is 0 Å². The van der Waals surface area contributed by atoms with E-state index in [1.807, 2.05) is 6.92 Å². The number of rotatable bonds is 9. The fraction of sp³-hybridized carbons (Fsp3) is 0.737. The molecule has 6 nitrogen and oxygen atoms in total. The van der Waals surface area contributed by atoms with E-state index in [-0.39, 0.29) is 36.6 Å². The zero-order valence-electron chi connectivity index (χ0n) is 16.1. The predicted octanol–water partition coefficient (Wildman–Crippen LogP) is 2.92.